The van der Waals surface area contributed by atoms with Gasteiger partial charge < -0.3 is 38.8 Å². The number of rotatable bonds is 13. The van der Waals surface area contributed by atoms with Crippen LogP contribution < -0.4 is 10.6 Å². The summed E-state index contributed by atoms with van der Waals surface area (Å²) in [5, 5.41) is 16.3. The Labute approximate surface area is 214 Å². The lowest BCUT2D eigenvalue weighted by molar-refractivity contribution is 0.103. The number of nitrogens with one attached hydrogen (secondary N) is 2. The van der Waals surface area contributed by atoms with Gasteiger partial charge in [0.05, 0.1) is 24.8 Å². The molecule has 11 nitrogen and oxygen atoms in total. The van der Waals surface area contributed by atoms with Crippen molar-refractivity contribution < 1.29 is 37.5 Å². The number of hydrogen-bond acceptors (Lipinski definition) is 10. The fraction of sp³-hybridized carbons (Fsp3) is 0.250. The van der Waals surface area contributed by atoms with Gasteiger partial charge in [0.25, 0.3) is 0 Å². The van der Waals surface area contributed by atoms with Gasteiger partial charge in [0.2, 0.25) is 0 Å². The summed E-state index contributed by atoms with van der Waals surface area (Å²) in [6, 6.07) is 12.7. The van der Waals surface area contributed by atoms with Crippen LogP contribution in [-0.2, 0) is 20.2 Å². The second-order valence-corrected chi connectivity index (χ2v) is 9.65. The number of benzene rings is 2. The van der Waals surface area contributed by atoms with E-state index in [2.05, 4.69) is 21.2 Å². The number of furan rings is 1. The molecule has 0 fully saturated rings. The monoisotopic (exact) mass is 545 g/mol. The molecule has 3 aromatic rings. The van der Waals surface area contributed by atoms with Crippen LogP contribution in [0.2, 0.25) is 0 Å². The second kappa shape index (κ2) is 12.7. The number of Topliss-reactive ketones (excluding diaryl/α,β-unsaturated/α-hetero) is 1. The van der Waals surface area contributed by atoms with Crippen LogP contribution >= 0.6 is 16.9 Å². The van der Waals surface area contributed by atoms with Gasteiger partial charge in [0, 0.05) is 59.4 Å². The van der Waals surface area contributed by atoms with Gasteiger partial charge in [-0.25, -0.2) is 0 Å². The van der Waals surface area contributed by atoms with Gasteiger partial charge in [-0.05, 0) is 24.3 Å². The average molecular weight is 545 g/mol. The van der Waals surface area contributed by atoms with Gasteiger partial charge in [-0.15, -0.1) is 0 Å². The van der Waals surface area contributed by atoms with Crippen LogP contribution in [0.1, 0.15) is 27.0 Å². The molecule has 0 aliphatic heterocycles. The largest absolute Gasteiger partial charge is 0.455 e. The lowest BCUT2D eigenvalue weighted by Gasteiger charge is -2.15. The van der Waals surface area contributed by atoms with E-state index in [4.69, 9.17) is 23.6 Å². The molecule has 13 heteroatoms. The number of nitriles is 1. The van der Waals surface area contributed by atoms with E-state index >= 15 is 0 Å². The van der Waals surface area contributed by atoms with Crippen LogP contribution in [0, 0.1) is 11.3 Å². The minimum absolute atomic E-state index is 0.0359. The Kier molecular flexibility index (Phi) is 9.35. The van der Waals surface area contributed by atoms with Gasteiger partial charge in [-0.2, -0.15) is 5.26 Å². The van der Waals surface area contributed by atoms with Gasteiger partial charge in [0.15, 0.2) is 5.78 Å². The van der Waals surface area contributed by atoms with Crippen LogP contribution in [0.4, 0.5) is 0 Å². The molecule has 0 amide bonds. The van der Waals surface area contributed by atoms with Crippen LogP contribution in [0.15, 0.2) is 46.4 Å². The fourth-order valence-electron chi connectivity index (χ4n) is 4.09. The summed E-state index contributed by atoms with van der Waals surface area (Å²) in [6.45, 7) is 1.42. The van der Waals surface area contributed by atoms with Crippen molar-refractivity contribution in [2.75, 3.05) is 32.8 Å². The summed E-state index contributed by atoms with van der Waals surface area (Å²) in [5.41, 5.74) is 4.23. The van der Waals surface area contributed by atoms with E-state index in [9.17, 15) is 14.6 Å². The zero-order valence-electron chi connectivity index (χ0n) is 19.6. The van der Waals surface area contributed by atoms with Crippen LogP contribution in [0.25, 0.3) is 28.4 Å². The first kappa shape index (κ1) is 27.3. The minimum atomic E-state index is -3.01. The summed E-state index contributed by atoms with van der Waals surface area (Å²) in [7, 11) is -5.42. The van der Waals surface area contributed by atoms with Crippen molar-refractivity contribution in [3.05, 3.63) is 64.2 Å². The topological polar surface area (TPSA) is 174 Å². The zero-order chi connectivity index (χ0) is 26.4. The Hall–Kier alpha value is -2.74. The molecular formula is C24H25N3O8P2. The van der Waals surface area contributed by atoms with Gasteiger partial charge in [-0.3, -0.25) is 9.36 Å². The van der Waals surface area contributed by atoms with E-state index in [-0.39, 0.29) is 32.1 Å². The number of ketones is 1. The van der Waals surface area contributed by atoms with Crippen molar-refractivity contribution in [3.8, 4) is 17.4 Å². The SMILES string of the molecule is N#Cc1cccc(-c2oc3c(CNCCOP(O)O)ccc4c3c2C=C(CNCCO[PH](=O)O)C4=O)c1. The molecule has 0 radical (unpaired) electrons. The predicted octanol–water partition coefficient (Wildman–Crippen LogP) is 2.86. The molecule has 0 saturated heterocycles. The molecule has 0 bridgehead atoms. The maximum absolute atomic E-state index is 13.3. The summed E-state index contributed by atoms with van der Waals surface area (Å²) in [4.78, 5) is 39.8. The standard InChI is InChI=1S/C24H25N3O8P2/c25-12-15-2-1-3-16(10-15)23-20-11-18(14-27-7-9-34-37(31)32)22(28)19-5-4-17(24(35-23)21(19)20)13-26-6-8-33-36(29)30/h1-5,10-11,26-27,29-30,37H,6-9,13-14H2,(H,31,32). The van der Waals surface area contributed by atoms with E-state index < -0.39 is 16.9 Å². The predicted molar refractivity (Wildman–Crippen MR) is 138 cm³/mol. The van der Waals surface area contributed by atoms with Gasteiger partial charge in [-0.1, -0.05) is 18.2 Å². The molecule has 1 unspecified atom stereocenters. The molecule has 0 spiro atoms. The number of nitrogens with zero attached hydrogens (tertiary/aromatic N) is 1. The highest BCUT2D eigenvalue weighted by atomic mass is 31.2. The smallest absolute Gasteiger partial charge is 0.327 e. The Morgan fingerprint density at radius 1 is 1.11 bits per heavy atom. The van der Waals surface area contributed by atoms with Gasteiger partial charge in [0.1, 0.15) is 11.3 Å². The molecule has 1 aliphatic rings. The summed E-state index contributed by atoms with van der Waals surface area (Å²) >= 11 is 0. The van der Waals surface area contributed by atoms with Gasteiger partial charge >= 0.3 is 16.9 Å². The molecule has 5 N–H and O–H groups in total. The van der Waals surface area contributed by atoms with Crippen molar-refractivity contribution in [1.29, 1.82) is 5.26 Å². The third-order valence-electron chi connectivity index (χ3n) is 5.69. The van der Waals surface area contributed by atoms with Crippen molar-refractivity contribution in [3.63, 3.8) is 0 Å². The highest BCUT2D eigenvalue weighted by molar-refractivity contribution is 7.39. The molecule has 4 rings (SSSR count). The number of carbonyl (C=O) groups excluding carboxylic acids is 1. The van der Waals surface area contributed by atoms with Crippen molar-refractivity contribution in [2.24, 2.45) is 0 Å². The maximum Gasteiger partial charge on any atom is 0.327 e. The van der Waals surface area contributed by atoms with Crippen molar-refractivity contribution in [1.82, 2.24) is 10.6 Å². The molecule has 1 aromatic heterocycles. The molecule has 1 heterocycles. The molecule has 1 atom stereocenters. The van der Waals surface area contributed by atoms with E-state index in [0.717, 1.165) is 11.1 Å². The first-order chi connectivity index (χ1) is 17.9. The van der Waals surface area contributed by atoms with Crippen molar-refractivity contribution in [2.45, 2.75) is 6.54 Å². The summed E-state index contributed by atoms with van der Waals surface area (Å²) < 4.78 is 26.5. The summed E-state index contributed by atoms with van der Waals surface area (Å²) in [6.07, 6.45) is 1.77. The quantitative estimate of drug-likeness (QED) is 0.158. The van der Waals surface area contributed by atoms with E-state index in [1.807, 2.05) is 6.07 Å². The normalized spacial score (nSPS) is 13.7. The number of hydrogen-bond donors (Lipinski definition) is 5. The molecular weight excluding hydrogens is 520 g/mol. The maximum atomic E-state index is 13.3. The zero-order valence-corrected chi connectivity index (χ0v) is 21.5. The first-order valence-electron chi connectivity index (χ1n) is 11.3. The molecule has 0 saturated carbocycles. The van der Waals surface area contributed by atoms with E-state index in [0.29, 0.717) is 52.1 Å². The van der Waals surface area contributed by atoms with Crippen LogP contribution in [-0.4, -0.2) is 53.3 Å². The molecule has 1 aliphatic carbocycles. The average Bonchev–Trinajstić information content (AvgIpc) is 3.26. The first-order valence-corrected chi connectivity index (χ1v) is 13.7. The molecule has 37 heavy (non-hydrogen) atoms. The lowest BCUT2D eigenvalue weighted by Crippen LogP contribution is -2.25. The Balaban J connectivity index is 1.68. The molecule has 194 valence electrons. The highest BCUT2D eigenvalue weighted by Crippen LogP contribution is 2.42. The molecule has 2 aromatic carbocycles. The van der Waals surface area contributed by atoms with Crippen LogP contribution in [0.5, 0.6) is 0 Å². The van der Waals surface area contributed by atoms with E-state index in [1.54, 1.807) is 36.4 Å². The third-order valence-corrected chi connectivity index (χ3v) is 6.55. The number of carbonyl (C=O) groups is 1. The highest BCUT2D eigenvalue weighted by Gasteiger charge is 2.28. The lowest BCUT2D eigenvalue weighted by atomic mass is 9.88. The Morgan fingerprint density at radius 3 is 2.65 bits per heavy atom. The Bertz CT molecular complexity index is 1400. The fourth-order valence-corrected chi connectivity index (χ4v) is 4.62. The summed E-state index contributed by atoms with van der Waals surface area (Å²) in [5.74, 6) is 0.370. The minimum Gasteiger partial charge on any atom is -0.455 e. The van der Waals surface area contributed by atoms with Crippen LogP contribution in [0.3, 0.4) is 0 Å². The van der Waals surface area contributed by atoms with Crippen molar-refractivity contribution >= 4 is 39.7 Å². The second-order valence-electron chi connectivity index (χ2n) is 8.07. The third kappa shape index (κ3) is 6.58. The van der Waals surface area contributed by atoms with E-state index in [1.165, 1.54) is 0 Å². The Morgan fingerprint density at radius 2 is 1.89 bits per heavy atom.